The molecule has 4 rings (SSSR count). The van der Waals surface area contributed by atoms with Gasteiger partial charge in [-0.15, -0.1) is 0 Å². The molecule has 0 saturated carbocycles. The van der Waals surface area contributed by atoms with Gasteiger partial charge in [0.25, 0.3) is 5.91 Å². The van der Waals surface area contributed by atoms with E-state index in [4.69, 9.17) is 4.74 Å². The minimum Gasteiger partial charge on any atom is -0.493 e. The van der Waals surface area contributed by atoms with Crippen molar-refractivity contribution in [1.82, 2.24) is 9.80 Å². The van der Waals surface area contributed by atoms with E-state index in [9.17, 15) is 13.6 Å². The van der Waals surface area contributed by atoms with Crippen LogP contribution in [0.3, 0.4) is 0 Å². The summed E-state index contributed by atoms with van der Waals surface area (Å²) in [4.78, 5) is 16.2. The van der Waals surface area contributed by atoms with Crippen molar-refractivity contribution in [2.75, 3.05) is 32.8 Å². The molecule has 26 heavy (non-hydrogen) atoms. The highest BCUT2D eigenvalue weighted by molar-refractivity contribution is 5.94. The van der Waals surface area contributed by atoms with Gasteiger partial charge in [0.05, 0.1) is 6.61 Å². The molecule has 1 saturated heterocycles. The van der Waals surface area contributed by atoms with E-state index in [1.54, 1.807) is 0 Å². The largest absolute Gasteiger partial charge is 0.493 e. The van der Waals surface area contributed by atoms with E-state index in [0.29, 0.717) is 26.2 Å². The molecule has 0 bridgehead atoms. The molecule has 1 amide bonds. The molecule has 0 radical (unpaired) electrons. The third kappa shape index (κ3) is 3.29. The highest BCUT2D eigenvalue weighted by Crippen LogP contribution is 2.26. The van der Waals surface area contributed by atoms with Crippen LogP contribution in [0.5, 0.6) is 5.75 Å². The SMILES string of the molecule is O=C(c1c(F)cccc1F)N1CCN(Cc2ccc3c(c2)CCO3)CC1. The summed E-state index contributed by atoms with van der Waals surface area (Å²) in [5.74, 6) is -1.22. The molecule has 0 aromatic heterocycles. The number of rotatable bonds is 3. The van der Waals surface area contributed by atoms with E-state index in [2.05, 4.69) is 17.0 Å². The Bertz CT molecular complexity index is 812. The number of carbonyl (C=O) groups excluding carboxylic acids is 1. The Hall–Kier alpha value is -2.47. The topological polar surface area (TPSA) is 32.8 Å². The van der Waals surface area contributed by atoms with E-state index in [1.165, 1.54) is 22.1 Å². The summed E-state index contributed by atoms with van der Waals surface area (Å²) in [5.41, 5.74) is 2.00. The van der Waals surface area contributed by atoms with Crippen LogP contribution in [0, 0.1) is 11.6 Å². The fraction of sp³-hybridized carbons (Fsp3) is 0.350. The Balaban J connectivity index is 1.37. The highest BCUT2D eigenvalue weighted by atomic mass is 19.1. The quantitative estimate of drug-likeness (QED) is 0.846. The summed E-state index contributed by atoms with van der Waals surface area (Å²) >= 11 is 0. The van der Waals surface area contributed by atoms with Crippen molar-refractivity contribution < 1.29 is 18.3 Å². The Morgan fingerprint density at radius 1 is 1.04 bits per heavy atom. The van der Waals surface area contributed by atoms with E-state index in [0.717, 1.165) is 37.5 Å². The number of amides is 1. The maximum atomic E-state index is 13.8. The van der Waals surface area contributed by atoms with E-state index in [-0.39, 0.29) is 0 Å². The van der Waals surface area contributed by atoms with E-state index >= 15 is 0 Å². The Kier molecular flexibility index (Phi) is 4.59. The van der Waals surface area contributed by atoms with Crippen molar-refractivity contribution >= 4 is 5.91 Å². The zero-order valence-corrected chi connectivity index (χ0v) is 14.4. The molecule has 2 aromatic carbocycles. The van der Waals surface area contributed by atoms with Gasteiger partial charge in [-0.2, -0.15) is 0 Å². The predicted molar refractivity (Wildman–Crippen MR) is 93.2 cm³/mol. The van der Waals surface area contributed by atoms with Gasteiger partial charge in [-0.3, -0.25) is 9.69 Å². The van der Waals surface area contributed by atoms with Gasteiger partial charge in [-0.1, -0.05) is 18.2 Å². The normalized spacial score (nSPS) is 17.1. The molecule has 0 unspecified atom stereocenters. The van der Waals surface area contributed by atoms with Crippen molar-refractivity contribution in [2.24, 2.45) is 0 Å². The minimum atomic E-state index is -0.808. The lowest BCUT2D eigenvalue weighted by atomic mass is 10.1. The summed E-state index contributed by atoms with van der Waals surface area (Å²) in [6.45, 7) is 3.81. The molecule has 0 N–H and O–H groups in total. The van der Waals surface area contributed by atoms with Gasteiger partial charge in [0, 0.05) is 39.1 Å². The smallest absolute Gasteiger partial charge is 0.259 e. The summed E-state index contributed by atoms with van der Waals surface area (Å²) < 4.78 is 33.2. The van der Waals surface area contributed by atoms with Gasteiger partial charge in [-0.05, 0) is 29.3 Å². The fourth-order valence-electron chi connectivity index (χ4n) is 3.57. The van der Waals surface area contributed by atoms with Crippen LogP contribution in [0.1, 0.15) is 21.5 Å². The maximum Gasteiger partial charge on any atom is 0.259 e. The van der Waals surface area contributed by atoms with Crippen LogP contribution in [-0.4, -0.2) is 48.5 Å². The summed E-state index contributed by atoms with van der Waals surface area (Å²) in [6, 6.07) is 9.75. The van der Waals surface area contributed by atoms with Crippen molar-refractivity contribution in [2.45, 2.75) is 13.0 Å². The number of carbonyl (C=O) groups is 1. The fourth-order valence-corrected chi connectivity index (χ4v) is 3.57. The number of halogens is 2. The first kappa shape index (κ1) is 17.0. The molecule has 6 heteroatoms. The number of ether oxygens (including phenoxy) is 1. The first-order valence-corrected chi connectivity index (χ1v) is 8.82. The van der Waals surface area contributed by atoms with Crippen molar-refractivity contribution in [3.63, 3.8) is 0 Å². The standard InChI is InChI=1S/C20H20F2N2O2/c21-16-2-1-3-17(22)19(16)20(25)24-9-7-23(8-10-24)13-14-4-5-18-15(12-14)6-11-26-18/h1-5,12H,6-11,13H2. The zero-order valence-electron chi connectivity index (χ0n) is 14.4. The monoisotopic (exact) mass is 358 g/mol. The number of hydrogen-bond acceptors (Lipinski definition) is 3. The van der Waals surface area contributed by atoms with Gasteiger partial charge < -0.3 is 9.64 Å². The molecule has 0 atom stereocenters. The van der Waals surface area contributed by atoms with Crippen LogP contribution < -0.4 is 4.74 Å². The number of nitrogens with zero attached hydrogens (tertiary/aromatic N) is 2. The maximum absolute atomic E-state index is 13.8. The number of piperazine rings is 1. The van der Waals surface area contributed by atoms with Gasteiger partial charge in [0.15, 0.2) is 0 Å². The number of benzene rings is 2. The van der Waals surface area contributed by atoms with E-state index < -0.39 is 23.1 Å². The Labute approximate surface area is 151 Å². The van der Waals surface area contributed by atoms with E-state index in [1.807, 2.05) is 6.07 Å². The van der Waals surface area contributed by atoms with Crippen LogP contribution in [0.25, 0.3) is 0 Å². The lowest BCUT2D eigenvalue weighted by Crippen LogP contribution is -2.48. The number of fused-ring (bicyclic) bond motifs is 1. The number of hydrogen-bond donors (Lipinski definition) is 0. The lowest BCUT2D eigenvalue weighted by molar-refractivity contribution is 0.0619. The van der Waals surface area contributed by atoms with Crippen molar-refractivity contribution in [1.29, 1.82) is 0 Å². The van der Waals surface area contributed by atoms with Gasteiger partial charge in [0.2, 0.25) is 0 Å². The Morgan fingerprint density at radius 3 is 2.50 bits per heavy atom. The Morgan fingerprint density at radius 2 is 1.77 bits per heavy atom. The molecule has 0 spiro atoms. The second-order valence-electron chi connectivity index (χ2n) is 6.71. The molecule has 0 aliphatic carbocycles. The van der Waals surface area contributed by atoms with Crippen LogP contribution in [0.2, 0.25) is 0 Å². The highest BCUT2D eigenvalue weighted by Gasteiger charge is 2.26. The molecular formula is C20H20F2N2O2. The molecule has 1 fully saturated rings. The van der Waals surface area contributed by atoms with Gasteiger partial charge in [-0.25, -0.2) is 8.78 Å². The third-order valence-corrected chi connectivity index (χ3v) is 5.00. The first-order valence-electron chi connectivity index (χ1n) is 8.82. The first-order chi connectivity index (χ1) is 12.6. The molecule has 2 heterocycles. The third-order valence-electron chi connectivity index (χ3n) is 5.00. The molecule has 4 nitrogen and oxygen atoms in total. The molecular weight excluding hydrogens is 338 g/mol. The molecule has 2 aliphatic rings. The van der Waals surface area contributed by atoms with Crippen molar-refractivity contribution in [3.05, 3.63) is 64.7 Å². The van der Waals surface area contributed by atoms with Crippen LogP contribution >= 0.6 is 0 Å². The lowest BCUT2D eigenvalue weighted by Gasteiger charge is -2.35. The second kappa shape index (κ2) is 7.03. The molecule has 136 valence electrons. The summed E-state index contributed by atoms with van der Waals surface area (Å²) in [6.07, 6.45) is 0.944. The van der Waals surface area contributed by atoms with Gasteiger partial charge in [0.1, 0.15) is 22.9 Å². The van der Waals surface area contributed by atoms with Crippen molar-refractivity contribution in [3.8, 4) is 5.75 Å². The van der Waals surface area contributed by atoms with Crippen LogP contribution in [-0.2, 0) is 13.0 Å². The second-order valence-corrected chi connectivity index (χ2v) is 6.71. The predicted octanol–water partition coefficient (Wildman–Crippen LogP) is 2.86. The zero-order chi connectivity index (χ0) is 18.1. The summed E-state index contributed by atoms with van der Waals surface area (Å²) in [7, 11) is 0. The summed E-state index contributed by atoms with van der Waals surface area (Å²) in [5, 5.41) is 0. The van der Waals surface area contributed by atoms with Crippen LogP contribution in [0.15, 0.2) is 36.4 Å². The average Bonchev–Trinajstić information content (AvgIpc) is 3.10. The molecule has 2 aromatic rings. The minimum absolute atomic E-state index is 0.459. The van der Waals surface area contributed by atoms with Crippen LogP contribution in [0.4, 0.5) is 8.78 Å². The average molecular weight is 358 g/mol. The van der Waals surface area contributed by atoms with Gasteiger partial charge >= 0.3 is 0 Å². The molecule has 2 aliphatic heterocycles.